The molecule has 3 aliphatic heterocycles. The van der Waals surface area contributed by atoms with Gasteiger partial charge in [0.2, 0.25) is 11.8 Å². The van der Waals surface area contributed by atoms with Crippen LogP contribution in [-0.2, 0) is 14.3 Å². The number of amides is 2. The number of carbonyl (C=O) groups is 2. The smallest absolute Gasteiger partial charge is 0.242 e. The summed E-state index contributed by atoms with van der Waals surface area (Å²) >= 11 is 0. The summed E-state index contributed by atoms with van der Waals surface area (Å²) in [5.74, 6) is 0.683. The third-order valence-electron chi connectivity index (χ3n) is 5.01. The normalized spacial score (nSPS) is 27.3. The first-order valence-electron chi connectivity index (χ1n) is 8.79. The summed E-state index contributed by atoms with van der Waals surface area (Å²) in [6.45, 7) is 8.36. The minimum absolute atomic E-state index is 0.0338. The Kier molecular flexibility index (Phi) is 5.85. The van der Waals surface area contributed by atoms with Crippen molar-refractivity contribution >= 4 is 11.8 Å². The molecule has 3 aliphatic rings. The molecule has 3 saturated heterocycles. The van der Waals surface area contributed by atoms with Crippen LogP contribution in [0.5, 0.6) is 0 Å². The highest BCUT2D eigenvalue weighted by Crippen LogP contribution is 2.18. The molecule has 0 aliphatic carbocycles. The molecule has 3 heterocycles. The quantitative estimate of drug-likeness (QED) is 0.718. The fourth-order valence-corrected chi connectivity index (χ4v) is 3.67. The molecule has 7 nitrogen and oxygen atoms in total. The van der Waals surface area contributed by atoms with E-state index in [1.165, 1.54) is 6.42 Å². The average molecular weight is 324 g/mol. The number of morpholine rings is 1. The second-order valence-electron chi connectivity index (χ2n) is 6.75. The number of likely N-dealkylation sites (tertiary alicyclic amines) is 1. The van der Waals surface area contributed by atoms with Crippen LogP contribution < -0.4 is 5.32 Å². The van der Waals surface area contributed by atoms with Gasteiger partial charge < -0.3 is 19.9 Å². The molecular formula is C16H28N4O3. The molecule has 2 amide bonds. The van der Waals surface area contributed by atoms with Crippen LogP contribution in [-0.4, -0.2) is 98.6 Å². The van der Waals surface area contributed by atoms with Crippen LogP contribution in [0.15, 0.2) is 0 Å². The lowest BCUT2D eigenvalue weighted by Crippen LogP contribution is -2.53. The summed E-state index contributed by atoms with van der Waals surface area (Å²) < 4.78 is 5.39. The molecule has 0 saturated carbocycles. The van der Waals surface area contributed by atoms with Crippen LogP contribution in [0.25, 0.3) is 0 Å². The van der Waals surface area contributed by atoms with Crippen molar-refractivity contribution in [1.29, 1.82) is 0 Å². The van der Waals surface area contributed by atoms with Gasteiger partial charge in [-0.15, -0.1) is 0 Å². The number of ether oxygens (including phenoxy) is 1. The monoisotopic (exact) mass is 324 g/mol. The summed E-state index contributed by atoms with van der Waals surface area (Å²) in [5.41, 5.74) is 0. The highest BCUT2D eigenvalue weighted by Gasteiger charge is 2.28. The van der Waals surface area contributed by atoms with Gasteiger partial charge in [0.15, 0.2) is 0 Å². The molecule has 0 aromatic rings. The van der Waals surface area contributed by atoms with Gasteiger partial charge >= 0.3 is 0 Å². The number of nitrogens with one attached hydrogen (secondary N) is 1. The zero-order valence-electron chi connectivity index (χ0n) is 13.8. The maximum absolute atomic E-state index is 12.5. The van der Waals surface area contributed by atoms with E-state index in [0.717, 1.165) is 58.9 Å². The lowest BCUT2D eigenvalue weighted by Gasteiger charge is -2.38. The van der Waals surface area contributed by atoms with E-state index >= 15 is 0 Å². The third-order valence-corrected chi connectivity index (χ3v) is 5.01. The first-order valence-corrected chi connectivity index (χ1v) is 8.79. The first kappa shape index (κ1) is 16.7. The molecule has 0 aromatic heterocycles. The number of nitrogens with zero attached hydrogens (tertiary/aromatic N) is 3. The Balaban J connectivity index is 1.47. The fourth-order valence-electron chi connectivity index (χ4n) is 3.67. The van der Waals surface area contributed by atoms with E-state index in [9.17, 15) is 9.59 Å². The summed E-state index contributed by atoms with van der Waals surface area (Å²) in [5, 5.41) is 3.04. The summed E-state index contributed by atoms with van der Waals surface area (Å²) in [6.07, 6.45) is 2.25. The third kappa shape index (κ3) is 4.65. The maximum atomic E-state index is 12.5. The number of carbonyl (C=O) groups excluding carboxylic acids is 2. The number of piperazine rings is 1. The Morgan fingerprint density at radius 2 is 2.04 bits per heavy atom. The van der Waals surface area contributed by atoms with Crippen LogP contribution in [0.2, 0.25) is 0 Å². The van der Waals surface area contributed by atoms with E-state index in [-0.39, 0.29) is 18.4 Å². The van der Waals surface area contributed by atoms with Crippen molar-refractivity contribution in [1.82, 2.24) is 20.0 Å². The molecule has 3 fully saturated rings. The van der Waals surface area contributed by atoms with Crippen molar-refractivity contribution < 1.29 is 14.3 Å². The Bertz CT molecular complexity index is 426. The van der Waals surface area contributed by atoms with Crippen molar-refractivity contribution in [3.63, 3.8) is 0 Å². The van der Waals surface area contributed by atoms with E-state index in [4.69, 9.17) is 4.74 Å². The fraction of sp³-hybridized carbons (Fsp3) is 0.875. The van der Waals surface area contributed by atoms with Gasteiger partial charge in [-0.05, 0) is 18.8 Å². The molecule has 23 heavy (non-hydrogen) atoms. The minimum Gasteiger partial charge on any atom is -0.379 e. The van der Waals surface area contributed by atoms with E-state index in [2.05, 4.69) is 10.2 Å². The zero-order valence-corrected chi connectivity index (χ0v) is 13.8. The molecule has 130 valence electrons. The van der Waals surface area contributed by atoms with Gasteiger partial charge in [-0.2, -0.15) is 0 Å². The Morgan fingerprint density at radius 3 is 2.83 bits per heavy atom. The van der Waals surface area contributed by atoms with E-state index in [1.54, 1.807) is 4.90 Å². The SMILES string of the molecule is O=C1CNCCN1CC(=O)N1CCCC(CN2CCOCC2)C1. The predicted octanol–water partition coefficient (Wildman–Crippen LogP) is -1.01. The van der Waals surface area contributed by atoms with Gasteiger partial charge in [-0.3, -0.25) is 14.5 Å². The van der Waals surface area contributed by atoms with Crippen LogP contribution in [0.3, 0.4) is 0 Å². The molecule has 0 bridgehead atoms. The highest BCUT2D eigenvalue weighted by molar-refractivity contribution is 5.86. The van der Waals surface area contributed by atoms with Crippen molar-refractivity contribution in [2.24, 2.45) is 5.92 Å². The predicted molar refractivity (Wildman–Crippen MR) is 86.0 cm³/mol. The van der Waals surface area contributed by atoms with E-state index in [1.807, 2.05) is 4.90 Å². The molecule has 1 atom stereocenters. The van der Waals surface area contributed by atoms with Crippen molar-refractivity contribution in [2.75, 3.05) is 72.1 Å². The van der Waals surface area contributed by atoms with Crippen molar-refractivity contribution in [2.45, 2.75) is 12.8 Å². The van der Waals surface area contributed by atoms with Gasteiger partial charge in [0.1, 0.15) is 0 Å². The number of piperidine rings is 1. The van der Waals surface area contributed by atoms with E-state index < -0.39 is 0 Å². The highest BCUT2D eigenvalue weighted by atomic mass is 16.5. The summed E-state index contributed by atoms with van der Waals surface area (Å²) in [4.78, 5) is 30.4. The van der Waals surface area contributed by atoms with Crippen LogP contribution in [0, 0.1) is 5.92 Å². The maximum Gasteiger partial charge on any atom is 0.242 e. The lowest BCUT2D eigenvalue weighted by atomic mass is 9.97. The topological polar surface area (TPSA) is 65.1 Å². The molecule has 3 rings (SSSR count). The molecule has 0 radical (unpaired) electrons. The van der Waals surface area contributed by atoms with Gasteiger partial charge in [-0.1, -0.05) is 0 Å². The van der Waals surface area contributed by atoms with Crippen molar-refractivity contribution in [3.8, 4) is 0 Å². The van der Waals surface area contributed by atoms with Gasteiger partial charge in [-0.25, -0.2) is 0 Å². The average Bonchev–Trinajstić information content (AvgIpc) is 2.58. The minimum atomic E-state index is 0.0338. The molecule has 7 heteroatoms. The molecule has 0 aromatic carbocycles. The van der Waals surface area contributed by atoms with Crippen LogP contribution >= 0.6 is 0 Å². The molecule has 0 spiro atoms. The standard InChI is InChI=1S/C16H28N4O3/c21-15-10-17-3-5-20(15)13-16(22)19-4-1-2-14(12-19)11-18-6-8-23-9-7-18/h14,17H,1-13H2. The summed E-state index contributed by atoms with van der Waals surface area (Å²) in [6, 6.07) is 0. The Labute approximate surface area is 137 Å². The second kappa shape index (κ2) is 8.08. The number of rotatable bonds is 4. The summed E-state index contributed by atoms with van der Waals surface area (Å²) in [7, 11) is 0. The Hall–Kier alpha value is -1.18. The van der Waals surface area contributed by atoms with Gasteiger partial charge in [0.05, 0.1) is 26.3 Å². The number of hydrogen-bond donors (Lipinski definition) is 1. The second-order valence-corrected chi connectivity index (χ2v) is 6.75. The van der Waals surface area contributed by atoms with Crippen LogP contribution in [0.4, 0.5) is 0 Å². The molecule has 1 unspecified atom stereocenters. The first-order chi connectivity index (χ1) is 11.2. The van der Waals surface area contributed by atoms with Crippen LogP contribution in [0.1, 0.15) is 12.8 Å². The number of hydrogen-bond acceptors (Lipinski definition) is 5. The zero-order chi connectivity index (χ0) is 16.1. The van der Waals surface area contributed by atoms with E-state index in [0.29, 0.717) is 19.0 Å². The molecular weight excluding hydrogens is 296 g/mol. The van der Waals surface area contributed by atoms with Gasteiger partial charge in [0, 0.05) is 45.8 Å². The molecule has 1 N–H and O–H groups in total. The van der Waals surface area contributed by atoms with Gasteiger partial charge in [0.25, 0.3) is 0 Å². The Morgan fingerprint density at radius 1 is 1.22 bits per heavy atom. The largest absolute Gasteiger partial charge is 0.379 e. The van der Waals surface area contributed by atoms with Crippen molar-refractivity contribution in [3.05, 3.63) is 0 Å². The lowest BCUT2D eigenvalue weighted by molar-refractivity contribution is -0.142.